The maximum Gasteiger partial charge on any atom is 0.307 e. The molecule has 0 spiro atoms. The van der Waals surface area contributed by atoms with E-state index in [2.05, 4.69) is 5.32 Å². The fourth-order valence-electron chi connectivity index (χ4n) is 2.82. The predicted molar refractivity (Wildman–Crippen MR) is 77.7 cm³/mol. The number of hydrogen-bond donors (Lipinski definition) is 2. The summed E-state index contributed by atoms with van der Waals surface area (Å²) in [5.74, 6) is -0.702. The molecule has 6 heteroatoms. The lowest BCUT2D eigenvalue weighted by molar-refractivity contribution is -0.152. The van der Waals surface area contributed by atoms with E-state index in [-0.39, 0.29) is 5.91 Å². The normalized spacial score (nSPS) is 23.1. The Bertz CT molecular complexity index is 586. The zero-order chi connectivity index (χ0) is 15.5. The first-order valence-corrected chi connectivity index (χ1v) is 7.55. The Labute approximate surface area is 128 Å². The van der Waals surface area contributed by atoms with Crippen LogP contribution < -0.4 is 14.8 Å². The van der Waals surface area contributed by atoms with Gasteiger partial charge in [-0.1, -0.05) is 12.1 Å². The van der Waals surface area contributed by atoms with Crippen LogP contribution in [0.4, 0.5) is 0 Å². The van der Waals surface area contributed by atoms with E-state index in [0.717, 1.165) is 12.0 Å². The second kappa shape index (κ2) is 6.25. The lowest BCUT2D eigenvalue weighted by Crippen LogP contribution is -2.43. The molecular weight excluding hydrogens is 286 g/mol. The molecule has 6 nitrogen and oxygen atoms in total. The van der Waals surface area contributed by atoms with Gasteiger partial charge in [-0.15, -0.1) is 0 Å². The van der Waals surface area contributed by atoms with Gasteiger partial charge in [-0.05, 0) is 18.9 Å². The standard InChI is InChI=1S/C16H19NO5/c18-15(11-5-6-12(11)16(19)20)17-9-10-3-1-4-13-14(10)22-8-2-7-21-13/h1,3-4,11-12H,2,5-9H2,(H,17,18)(H,19,20). The molecule has 118 valence electrons. The minimum atomic E-state index is -0.892. The van der Waals surface area contributed by atoms with Crippen molar-refractivity contribution in [1.29, 1.82) is 0 Å². The van der Waals surface area contributed by atoms with E-state index in [1.165, 1.54) is 0 Å². The number of benzene rings is 1. The number of carboxylic acids is 1. The summed E-state index contributed by atoms with van der Waals surface area (Å²) in [6, 6.07) is 5.58. The number of rotatable bonds is 4. The SMILES string of the molecule is O=C(O)C1CCC1C(=O)NCc1cccc2c1OCCCO2. The van der Waals surface area contributed by atoms with Gasteiger partial charge in [-0.25, -0.2) is 0 Å². The Morgan fingerprint density at radius 2 is 1.95 bits per heavy atom. The van der Waals surface area contributed by atoms with Crippen molar-refractivity contribution in [2.75, 3.05) is 13.2 Å². The van der Waals surface area contributed by atoms with Gasteiger partial charge in [0.1, 0.15) is 0 Å². The predicted octanol–water partition coefficient (Wildman–Crippen LogP) is 1.57. The molecule has 0 radical (unpaired) electrons. The number of aliphatic carboxylic acids is 1. The summed E-state index contributed by atoms with van der Waals surface area (Å²) in [6.45, 7) is 1.51. The van der Waals surface area contributed by atoms with Crippen molar-refractivity contribution in [2.45, 2.75) is 25.8 Å². The van der Waals surface area contributed by atoms with Gasteiger partial charge in [0.15, 0.2) is 11.5 Å². The number of fused-ring (bicyclic) bond motifs is 1. The first-order chi connectivity index (χ1) is 10.7. The van der Waals surface area contributed by atoms with Crippen molar-refractivity contribution in [2.24, 2.45) is 11.8 Å². The maximum atomic E-state index is 12.1. The minimum Gasteiger partial charge on any atom is -0.490 e. The first kappa shape index (κ1) is 14.7. The third-order valence-corrected chi connectivity index (χ3v) is 4.23. The van der Waals surface area contributed by atoms with Crippen molar-refractivity contribution in [3.63, 3.8) is 0 Å². The zero-order valence-corrected chi connectivity index (χ0v) is 12.2. The summed E-state index contributed by atoms with van der Waals surface area (Å²) in [7, 11) is 0. The molecule has 1 saturated carbocycles. The molecule has 1 aliphatic heterocycles. The number of carboxylic acid groups (broad SMARTS) is 1. The summed E-state index contributed by atoms with van der Waals surface area (Å²) in [6.07, 6.45) is 2.03. The number of para-hydroxylation sites is 1. The fourth-order valence-corrected chi connectivity index (χ4v) is 2.82. The quantitative estimate of drug-likeness (QED) is 0.882. The van der Waals surface area contributed by atoms with Gasteiger partial charge in [0.25, 0.3) is 0 Å². The molecule has 1 heterocycles. The second-order valence-electron chi connectivity index (χ2n) is 5.64. The van der Waals surface area contributed by atoms with Crippen LogP contribution in [0.1, 0.15) is 24.8 Å². The highest BCUT2D eigenvalue weighted by Crippen LogP contribution is 2.35. The molecule has 1 aromatic rings. The monoisotopic (exact) mass is 305 g/mol. The van der Waals surface area contributed by atoms with Crippen molar-refractivity contribution in [1.82, 2.24) is 5.32 Å². The smallest absolute Gasteiger partial charge is 0.307 e. The van der Waals surface area contributed by atoms with Crippen LogP contribution >= 0.6 is 0 Å². The lowest BCUT2D eigenvalue weighted by atomic mass is 9.73. The average Bonchev–Trinajstić information content (AvgIpc) is 2.68. The third-order valence-electron chi connectivity index (χ3n) is 4.23. The lowest BCUT2D eigenvalue weighted by Gasteiger charge is -2.32. The van der Waals surface area contributed by atoms with Crippen LogP contribution in [-0.2, 0) is 16.1 Å². The van der Waals surface area contributed by atoms with Crippen molar-refractivity contribution >= 4 is 11.9 Å². The molecule has 3 rings (SSSR count). The Morgan fingerprint density at radius 3 is 2.68 bits per heavy atom. The molecule has 2 N–H and O–H groups in total. The summed E-state index contributed by atoms with van der Waals surface area (Å²) >= 11 is 0. The van der Waals surface area contributed by atoms with Crippen molar-refractivity contribution in [3.05, 3.63) is 23.8 Å². The van der Waals surface area contributed by atoms with Gasteiger partial charge >= 0.3 is 5.97 Å². The van der Waals surface area contributed by atoms with E-state index in [1.807, 2.05) is 18.2 Å². The van der Waals surface area contributed by atoms with Crippen LogP contribution in [0.2, 0.25) is 0 Å². The number of amides is 1. The van der Waals surface area contributed by atoms with Crippen LogP contribution in [0.5, 0.6) is 11.5 Å². The van der Waals surface area contributed by atoms with Gasteiger partial charge in [-0.3, -0.25) is 9.59 Å². The van der Waals surface area contributed by atoms with Crippen molar-refractivity contribution in [3.8, 4) is 11.5 Å². The molecule has 1 fully saturated rings. The molecule has 2 unspecified atom stereocenters. The van der Waals surface area contributed by atoms with E-state index in [9.17, 15) is 9.59 Å². The summed E-state index contributed by atoms with van der Waals surface area (Å²) in [5.41, 5.74) is 0.846. The summed E-state index contributed by atoms with van der Waals surface area (Å²) in [5, 5.41) is 11.8. The number of carbonyl (C=O) groups is 2. The highest BCUT2D eigenvalue weighted by atomic mass is 16.5. The molecule has 2 atom stereocenters. The van der Waals surface area contributed by atoms with Gasteiger partial charge < -0.3 is 19.9 Å². The Kier molecular flexibility index (Phi) is 4.18. The highest BCUT2D eigenvalue weighted by molar-refractivity contribution is 5.86. The molecule has 2 aliphatic rings. The van der Waals surface area contributed by atoms with Crippen LogP contribution in [0.3, 0.4) is 0 Å². The van der Waals surface area contributed by atoms with Gasteiger partial charge in [0.2, 0.25) is 5.91 Å². The number of ether oxygens (including phenoxy) is 2. The number of carbonyl (C=O) groups excluding carboxylic acids is 1. The molecule has 1 amide bonds. The van der Waals surface area contributed by atoms with Crippen LogP contribution in [0.25, 0.3) is 0 Å². The average molecular weight is 305 g/mol. The third kappa shape index (κ3) is 2.86. The van der Waals surface area contributed by atoms with Gasteiger partial charge in [0.05, 0.1) is 25.0 Å². The van der Waals surface area contributed by atoms with Crippen LogP contribution in [0, 0.1) is 11.8 Å². The molecule has 0 saturated heterocycles. The van der Waals surface area contributed by atoms with E-state index in [4.69, 9.17) is 14.6 Å². The van der Waals surface area contributed by atoms with Crippen LogP contribution in [-0.4, -0.2) is 30.2 Å². The van der Waals surface area contributed by atoms with E-state index in [0.29, 0.717) is 44.1 Å². The Hall–Kier alpha value is -2.24. The topological polar surface area (TPSA) is 84.9 Å². The Morgan fingerprint density at radius 1 is 1.18 bits per heavy atom. The van der Waals surface area contributed by atoms with Gasteiger partial charge in [0, 0.05) is 18.5 Å². The fraction of sp³-hybridized carbons (Fsp3) is 0.500. The highest BCUT2D eigenvalue weighted by Gasteiger charge is 2.41. The zero-order valence-electron chi connectivity index (χ0n) is 12.2. The van der Waals surface area contributed by atoms with E-state index in [1.54, 1.807) is 0 Å². The molecule has 1 aliphatic carbocycles. The first-order valence-electron chi connectivity index (χ1n) is 7.55. The molecule has 1 aromatic carbocycles. The molecule has 0 bridgehead atoms. The number of hydrogen-bond acceptors (Lipinski definition) is 4. The second-order valence-corrected chi connectivity index (χ2v) is 5.64. The van der Waals surface area contributed by atoms with E-state index < -0.39 is 17.8 Å². The largest absolute Gasteiger partial charge is 0.490 e. The molecule has 22 heavy (non-hydrogen) atoms. The maximum absolute atomic E-state index is 12.1. The van der Waals surface area contributed by atoms with Crippen LogP contribution in [0.15, 0.2) is 18.2 Å². The van der Waals surface area contributed by atoms with Crippen molar-refractivity contribution < 1.29 is 24.2 Å². The molecule has 0 aromatic heterocycles. The van der Waals surface area contributed by atoms with E-state index >= 15 is 0 Å². The Balaban J connectivity index is 1.64. The summed E-state index contributed by atoms with van der Waals surface area (Å²) in [4.78, 5) is 23.1. The molecular formula is C16H19NO5. The van der Waals surface area contributed by atoms with Gasteiger partial charge in [-0.2, -0.15) is 0 Å². The number of nitrogens with one attached hydrogen (secondary N) is 1. The summed E-state index contributed by atoms with van der Waals surface area (Å²) < 4.78 is 11.3. The minimum absolute atomic E-state index is 0.203.